The van der Waals surface area contributed by atoms with Gasteiger partial charge in [0.1, 0.15) is 17.7 Å². The van der Waals surface area contributed by atoms with E-state index < -0.39 is 23.9 Å². The highest BCUT2D eigenvalue weighted by molar-refractivity contribution is 5.77. The Balaban J connectivity index is -0.00000220. The van der Waals surface area contributed by atoms with Crippen LogP contribution in [-0.4, -0.2) is 29.8 Å². The molecule has 1 amide bonds. The van der Waals surface area contributed by atoms with E-state index >= 15 is 0 Å². The van der Waals surface area contributed by atoms with Gasteiger partial charge in [0, 0.05) is 12.1 Å². The van der Waals surface area contributed by atoms with Crippen LogP contribution < -0.4 is 5.32 Å². The Kier molecular flexibility index (Phi) is 23.8. The van der Waals surface area contributed by atoms with Crippen LogP contribution in [0.3, 0.4) is 0 Å². The van der Waals surface area contributed by atoms with Crippen LogP contribution in [0, 0.1) is 0 Å². The van der Waals surface area contributed by atoms with Crippen LogP contribution in [-0.2, 0) is 14.3 Å². The van der Waals surface area contributed by atoms with Gasteiger partial charge < -0.3 is 14.8 Å². The van der Waals surface area contributed by atoms with Gasteiger partial charge in [0.05, 0.1) is 0 Å². The summed E-state index contributed by atoms with van der Waals surface area (Å²) in [5.74, 6) is 0.0152. The Hall–Kier alpha value is -1.52. The Labute approximate surface area is 266 Å². The molecule has 0 unspecified atom stereocenters. The molecule has 0 saturated carbocycles. The third-order valence-electron chi connectivity index (χ3n) is 8.78. The maximum Gasteiger partial charge on any atom is 0.509 e. The predicted molar refractivity (Wildman–Crippen MR) is 186 cm³/mol. The molecular formula is C37H77NO4. The maximum absolute atomic E-state index is 12.8. The lowest BCUT2D eigenvalue weighted by atomic mass is 9.91. The second-order valence-corrected chi connectivity index (χ2v) is 13.3. The molecule has 0 aromatic rings. The number of hydrogen-bond acceptors (Lipinski definition) is 4. The standard InChI is InChI=1S/C37H69NO4.4H2/c1-5-7-9-11-13-15-17-19-21-23-25-27-29-31-33-35(37(3,4)42-36(40)41-33)38-34(39)32-30-28-26-24-22-20-18-16-14-12-10-8-6-2;;;;/h29,31,33,35H,5-28,30,32H2,1-4H3,(H,38,39);4*1H/b31-29+;;;;/t33-,35-;;;;/m0..../s1. The van der Waals surface area contributed by atoms with E-state index in [-0.39, 0.29) is 11.6 Å². The van der Waals surface area contributed by atoms with Gasteiger partial charge >= 0.3 is 6.16 Å². The van der Waals surface area contributed by atoms with Gasteiger partial charge in [0.15, 0.2) is 0 Å². The summed E-state index contributed by atoms with van der Waals surface area (Å²) >= 11 is 0. The smallest absolute Gasteiger partial charge is 0.426 e. The first-order chi connectivity index (χ1) is 20.4. The summed E-state index contributed by atoms with van der Waals surface area (Å²) in [5, 5.41) is 3.13. The number of cyclic esters (lactones) is 2. The predicted octanol–water partition coefficient (Wildman–Crippen LogP) is 12.5. The Morgan fingerprint density at radius 1 is 0.690 bits per heavy atom. The van der Waals surface area contributed by atoms with Crippen LogP contribution in [0.15, 0.2) is 12.2 Å². The van der Waals surface area contributed by atoms with E-state index in [2.05, 4.69) is 25.2 Å². The molecule has 0 aliphatic carbocycles. The lowest BCUT2D eigenvalue weighted by molar-refractivity contribution is -0.135. The molecule has 1 rings (SSSR count). The van der Waals surface area contributed by atoms with E-state index in [4.69, 9.17) is 9.47 Å². The number of nitrogens with one attached hydrogen (secondary N) is 1. The van der Waals surface area contributed by atoms with Gasteiger partial charge in [0.25, 0.3) is 0 Å². The summed E-state index contributed by atoms with van der Waals surface area (Å²) < 4.78 is 11.0. The molecule has 0 spiro atoms. The second kappa shape index (κ2) is 25.9. The van der Waals surface area contributed by atoms with Crippen LogP contribution in [0.25, 0.3) is 0 Å². The van der Waals surface area contributed by atoms with Crippen LogP contribution in [0.2, 0.25) is 0 Å². The minimum absolute atomic E-state index is 0. The number of allylic oxidation sites excluding steroid dienone is 1. The van der Waals surface area contributed by atoms with Crippen LogP contribution in [0.4, 0.5) is 4.79 Å². The number of carbonyl (C=O) groups is 2. The average molecular weight is 600 g/mol. The molecule has 1 aliphatic rings. The van der Waals surface area contributed by atoms with Crippen molar-refractivity contribution in [1.29, 1.82) is 0 Å². The van der Waals surface area contributed by atoms with E-state index in [0.717, 1.165) is 25.7 Å². The van der Waals surface area contributed by atoms with Gasteiger partial charge in [0.2, 0.25) is 5.91 Å². The summed E-state index contributed by atoms with van der Waals surface area (Å²) in [4.78, 5) is 24.9. The summed E-state index contributed by atoms with van der Waals surface area (Å²) in [6.07, 6.45) is 35.8. The Morgan fingerprint density at radius 3 is 1.55 bits per heavy atom. The molecule has 1 aliphatic heterocycles. The molecule has 5 heteroatoms. The monoisotopic (exact) mass is 600 g/mol. The van der Waals surface area contributed by atoms with Crippen molar-refractivity contribution < 1.29 is 24.8 Å². The first-order valence-corrected chi connectivity index (χ1v) is 18.3. The van der Waals surface area contributed by atoms with E-state index in [0.29, 0.717) is 6.42 Å². The molecule has 42 heavy (non-hydrogen) atoms. The van der Waals surface area contributed by atoms with Crippen molar-refractivity contribution in [3.05, 3.63) is 12.2 Å². The van der Waals surface area contributed by atoms with Gasteiger partial charge in [-0.2, -0.15) is 0 Å². The lowest BCUT2D eigenvalue weighted by Crippen LogP contribution is -2.61. The van der Waals surface area contributed by atoms with Crippen molar-refractivity contribution in [2.24, 2.45) is 0 Å². The Morgan fingerprint density at radius 2 is 1.10 bits per heavy atom. The minimum atomic E-state index is -0.813. The third-order valence-corrected chi connectivity index (χ3v) is 8.78. The fourth-order valence-corrected chi connectivity index (χ4v) is 5.99. The fourth-order valence-electron chi connectivity index (χ4n) is 5.99. The van der Waals surface area contributed by atoms with Crippen molar-refractivity contribution in [3.63, 3.8) is 0 Å². The van der Waals surface area contributed by atoms with Gasteiger partial charge in [-0.3, -0.25) is 4.79 Å². The first-order valence-electron chi connectivity index (χ1n) is 18.3. The van der Waals surface area contributed by atoms with Crippen molar-refractivity contribution in [3.8, 4) is 0 Å². The number of hydrogen-bond donors (Lipinski definition) is 1. The normalized spacial score (nSPS) is 18.2. The highest BCUT2D eigenvalue weighted by Crippen LogP contribution is 2.27. The second-order valence-electron chi connectivity index (χ2n) is 13.3. The summed E-state index contributed by atoms with van der Waals surface area (Å²) in [6, 6.07) is -0.391. The maximum atomic E-state index is 12.8. The zero-order valence-corrected chi connectivity index (χ0v) is 28.3. The topological polar surface area (TPSA) is 64.6 Å². The van der Waals surface area contributed by atoms with Crippen LogP contribution in [0.1, 0.15) is 200 Å². The third kappa shape index (κ3) is 20.4. The number of carbonyl (C=O) groups excluding carboxylic acids is 2. The highest BCUT2D eigenvalue weighted by atomic mass is 16.7. The van der Waals surface area contributed by atoms with Crippen molar-refractivity contribution in [2.75, 3.05) is 0 Å². The first kappa shape index (κ1) is 38.5. The summed E-state index contributed by atoms with van der Waals surface area (Å²) in [5.41, 5.74) is -0.813. The van der Waals surface area contributed by atoms with Crippen molar-refractivity contribution in [2.45, 2.75) is 212 Å². The molecular weight excluding hydrogens is 522 g/mol. The zero-order valence-electron chi connectivity index (χ0n) is 28.3. The van der Waals surface area contributed by atoms with Crippen LogP contribution in [0.5, 0.6) is 0 Å². The fraction of sp³-hybridized carbons (Fsp3) is 0.892. The molecule has 0 aromatic carbocycles. The van der Waals surface area contributed by atoms with Gasteiger partial charge in [-0.25, -0.2) is 4.79 Å². The highest BCUT2D eigenvalue weighted by Gasteiger charge is 2.45. The summed E-state index contributed by atoms with van der Waals surface area (Å²) in [7, 11) is 0. The van der Waals surface area contributed by atoms with E-state index in [9.17, 15) is 9.59 Å². The Bertz CT molecular complexity index is 709. The van der Waals surface area contributed by atoms with Crippen molar-refractivity contribution >= 4 is 12.1 Å². The molecule has 2 atom stereocenters. The molecule has 5 nitrogen and oxygen atoms in total. The molecule has 1 fully saturated rings. The zero-order chi connectivity index (χ0) is 30.7. The van der Waals surface area contributed by atoms with E-state index in [1.807, 2.05) is 19.9 Å². The molecule has 0 bridgehead atoms. The van der Waals surface area contributed by atoms with Gasteiger partial charge in [-0.05, 0) is 39.2 Å². The lowest BCUT2D eigenvalue weighted by Gasteiger charge is -2.41. The van der Waals surface area contributed by atoms with E-state index in [1.165, 1.54) is 135 Å². The molecule has 1 heterocycles. The quantitative estimate of drug-likeness (QED) is 0.0552. The number of unbranched alkanes of at least 4 members (excludes halogenated alkanes) is 23. The van der Waals surface area contributed by atoms with Crippen LogP contribution >= 0.6 is 0 Å². The molecule has 1 saturated heterocycles. The number of rotatable bonds is 28. The molecule has 0 radical (unpaired) electrons. The number of amides is 1. The average Bonchev–Trinajstić information content (AvgIpc) is 2.95. The SMILES string of the molecule is CCCCCCCCCCCCC/C=C/[C@@H]1OC(=O)OC(C)(C)[C@H]1NC(=O)CCCCCCCCCCCCCCC.[HH].[HH].[HH].[HH]. The minimum Gasteiger partial charge on any atom is -0.426 e. The largest absolute Gasteiger partial charge is 0.509 e. The molecule has 254 valence electrons. The van der Waals surface area contributed by atoms with Gasteiger partial charge in [-0.1, -0.05) is 161 Å². The number of ether oxygens (including phenoxy) is 2. The van der Waals surface area contributed by atoms with Gasteiger partial charge in [-0.15, -0.1) is 0 Å². The van der Waals surface area contributed by atoms with E-state index in [1.54, 1.807) is 0 Å². The molecule has 1 N–H and O–H groups in total. The van der Waals surface area contributed by atoms with Crippen molar-refractivity contribution in [1.82, 2.24) is 5.32 Å². The summed E-state index contributed by atoms with van der Waals surface area (Å²) in [6.45, 7) is 8.25. The molecule has 0 aromatic heterocycles.